The first-order valence-electron chi connectivity index (χ1n) is 8.40. The van der Waals surface area contributed by atoms with Crippen molar-refractivity contribution >= 4 is 11.7 Å². The lowest BCUT2D eigenvalue weighted by Gasteiger charge is -2.23. The predicted molar refractivity (Wildman–Crippen MR) is 97.1 cm³/mol. The Labute approximate surface area is 152 Å². The summed E-state index contributed by atoms with van der Waals surface area (Å²) in [4.78, 5) is 11.9. The topological polar surface area (TPSA) is 78.1 Å². The highest BCUT2D eigenvalue weighted by molar-refractivity contribution is 5.89. The van der Waals surface area contributed by atoms with Gasteiger partial charge in [-0.2, -0.15) is 0 Å². The largest absolute Gasteiger partial charge is 0.493 e. The number of carbonyl (C=O) groups excluding carboxylic acids is 1. The summed E-state index contributed by atoms with van der Waals surface area (Å²) in [5, 5.41) is 5.54. The summed E-state index contributed by atoms with van der Waals surface area (Å²) >= 11 is 0. The van der Waals surface area contributed by atoms with Gasteiger partial charge in [0.1, 0.15) is 5.75 Å². The monoisotopic (exact) mass is 358 g/mol. The molecule has 2 aromatic carbocycles. The van der Waals surface area contributed by atoms with E-state index in [2.05, 4.69) is 10.6 Å². The number of para-hydroxylation sites is 2. The number of hydrogen-bond acceptors (Lipinski definition) is 5. The Balaban J connectivity index is 1.50. The summed E-state index contributed by atoms with van der Waals surface area (Å²) < 4.78 is 21.8. The van der Waals surface area contributed by atoms with E-state index < -0.39 is 0 Å². The molecule has 1 heterocycles. The highest BCUT2D eigenvalue weighted by Gasteiger charge is 2.15. The summed E-state index contributed by atoms with van der Waals surface area (Å²) in [5.41, 5.74) is 0.663. The van der Waals surface area contributed by atoms with Crippen molar-refractivity contribution in [2.24, 2.45) is 0 Å². The second-order valence-corrected chi connectivity index (χ2v) is 5.68. The quantitative estimate of drug-likeness (QED) is 0.830. The van der Waals surface area contributed by atoms with Gasteiger partial charge in [-0.3, -0.25) is 0 Å². The fraction of sp³-hybridized carbons (Fsp3) is 0.316. The van der Waals surface area contributed by atoms with E-state index in [1.807, 2.05) is 24.3 Å². The number of ether oxygens (including phenoxy) is 4. The number of nitrogens with one attached hydrogen (secondary N) is 2. The van der Waals surface area contributed by atoms with Crippen molar-refractivity contribution in [2.45, 2.75) is 6.10 Å². The number of hydrogen-bond donors (Lipinski definition) is 2. The Morgan fingerprint density at radius 3 is 2.58 bits per heavy atom. The van der Waals surface area contributed by atoms with E-state index in [0.29, 0.717) is 49.3 Å². The van der Waals surface area contributed by atoms with Gasteiger partial charge in [-0.15, -0.1) is 0 Å². The molecule has 0 aliphatic carbocycles. The molecule has 0 bridgehead atoms. The second-order valence-electron chi connectivity index (χ2n) is 5.68. The molecule has 138 valence electrons. The van der Waals surface area contributed by atoms with Crippen molar-refractivity contribution < 1.29 is 23.7 Å². The van der Waals surface area contributed by atoms with Crippen LogP contribution in [0.5, 0.6) is 17.2 Å². The summed E-state index contributed by atoms with van der Waals surface area (Å²) in [5.74, 6) is 1.93. The van der Waals surface area contributed by atoms with Crippen LogP contribution in [0, 0.1) is 0 Å². The molecular weight excluding hydrogens is 336 g/mol. The summed E-state index contributed by atoms with van der Waals surface area (Å²) in [6.45, 7) is 2.06. The molecule has 1 saturated heterocycles. The molecule has 7 heteroatoms. The molecule has 2 amide bonds. The van der Waals surface area contributed by atoms with E-state index in [1.165, 1.54) is 0 Å². The first kappa shape index (κ1) is 18.0. The van der Waals surface area contributed by atoms with Gasteiger partial charge < -0.3 is 29.6 Å². The smallest absolute Gasteiger partial charge is 0.319 e. The molecule has 1 fully saturated rings. The van der Waals surface area contributed by atoms with Crippen LogP contribution in [0.1, 0.15) is 0 Å². The molecule has 1 atom stereocenters. The maximum absolute atomic E-state index is 11.9. The van der Waals surface area contributed by atoms with Crippen molar-refractivity contribution in [3.05, 3.63) is 48.5 Å². The van der Waals surface area contributed by atoms with Gasteiger partial charge in [-0.25, -0.2) is 4.79 Å². The zero-order chi connectivity index (χ0) is 18.2. The van der Waals surface area contributed by atoms with E-state index in [0.717, 1.165) is 0 Å². The summed E-state index contributed by atoms with van der Waals surface area (Å²) in [7, 11) is 1.60. The van der Waals surface area contributed by atoms with Crippen molar-refractivity contribution in [1.29, 1.82) is 0 Å². The molecule has 2 aromatic rings. The molecule has 0 unspecified atom stereocenters. The van der Waals surface area contributed by atoms with Crippen LogP contribution in [0.2, 0.25) is 0 Å². The lowest BCUT2D eigenvalue weighted by molar-refractivity contribution is -0.0852. The van der Waals surface area contributed by atoms with E-state index in [4.69, 9.17) is 18.9 Å². The first-order valence-corrected chi connectivity index (χ1v) is 8.40. The number of rotatable bonds is 6. The molecule has 7 nitrogen and oxygen atoms in total. The van der Waals surface area contributed by atoms with E-state index in [1.54, 1.807) is 31.4 Å². The van der Waals surface area contributed by atoms with Gasteiger partial charge in [0.25, 0.3) is 0 Å². The summed E-state index contributed by atoms with van der Waals surface area (Å²) in [6, 6.07) is 14.2. The van der Waals surface area contributed by atoms with Crippen LogP contribution in [-0.2, 0) is 9.47 Å². The van der Waals surface area contributed by atoms with Gasteiger partial charge in [-0.1, -0.05) is 12.1 Å². The molecule has 2 N–H and O–H groups in total. The first-order chi connectivity index (χ1) is 12.7. The number of methoxy groups -OCH3 is 1. The highest BCUT2D eigenvalue weighted by atomic mass is 16.6. The Morgan fingerprint density at radius 2 is 1.88 bits per heavy atom. The molecule has 0 aromatic heterocycles. The van der Waals surface area contributed by atoms with Crippen LogP contribution in [0.3, 0.4) is 0 Å². The third kappa shape index (κ3) is 5.11. The van der Waals surface area contributed by atoms with E-state index >= 15 is 0 Å². The normalized spacial score (nSPS) is 16.6. The van der Waals surface area contributed by atoms with Gasteiger partial charge in [0, 0.05) is 12.2 Å². The van der Waals surface area contributed by atoms with E-state index in [-0.39, 0.29) is 12.1 Å². The molecule has 0 radical (unpaired) electrons. The third-order valence-electron chi connectivity index (χ3n) is 3.78. The van der Waals surface area contributed by atoms with Crippen molar-refractivity contribution in [1.82, 2.24) is 5.32 Å². The fourth-order valence-electron chi connectivity index (χ4n) is 2.47. The van der Waals surface area contributed by atoms with Crippen LogP contribution >= 0.6 is 0 Å². The Morgan fingerprint density at radius 1 is 1.12 bits per heavy atom. The zero-order valence-electron chi connectivity index (χ0n) is 14.6. The van der Waals surface area contributed by atoms with Gasteiger partial charge in [-0.05, 0) is 36.4 Å². The van der Waals surface area contributed by atoms with Crippen LogP contribution < -0.4 is 20.1 Å². The van der Waals surface area contributed by atoms with Gasteiger partial charge >= 0.3 is 6.03 Å². The van der Waals surface area contributed by atoms with Gasteiger partial charge in [0.2, 0.25) is 0 Å². The number of carbonyl (C=O) groups is 1. The summed E-state index contributed by atoms with van der Waals surface area (Å²) in [6.07, 6.45) is -0.105. The highest BCUT2D eigenvalue weighted by Crippen LogP contribution is 2.31. The average molecular weight is 358 g/mol. The lowest BCUT2D eigenvalue weighted by atomic mass is 10.3. The number of benzene rings is 2. The number of urea groups is 1. The minimum absolute atomic E-state index is 0.105. The molecule has 3 rings (SSSR count). The molecular formula is C19H22N2O5. The van der Waals surface area contributed by atoms with E-state index in [9.17, 15) is 4.79 Å². The van der Waals surface area contributed by atoms with Crippen molar-refractivity contribution in [3.63, 3.8) is 0 Å². The predicted octanol–water partition coefficient (Wildman–Crippen LogP) is 3.02. The maximum atomic E-state index is 11.9. The standard InChI is InChI=1S/C19H22N2O5/c1-23-17-4-2-3-5-18(17)26-15-8-6-14(7-9-15)21-19(22)20-12-16-13-24-10-11-25-16/h2-9,16H,10-13H2,1H3,(H2,20,21,22)/t16-/m1/s1. The average Bonchev–Trinajstić information content (AvgIpc) is 2.69. The van der Waals surface area contributed by atoms with Gasteiger partial charge in [0.15, 0.2) is 11.5 Å². The Kier molecular flexibility index (Phi) is 6.29. The molecule has 0 spiro atoms. The third-order valence-corrected chi connectivity index (χ3v) is 3.78. The number of amides is 2. The van der Waals surface area contributed by atoms with Crippen LogP contribution in [0.25, 0.3) is 0 Å². The van der Waals surface area contributed by atoms with Crippen molar-refractivity contribution in [2.75, 3.05) is 38.8 Å². The van der Waals surface area contributed by atoms with Gasteiger partial charge in [0.05, 0.1) is 33.0 Å². The molecule has 1 aliphatic heterocycles. The Hall–Kier alpha value is -2.77. The zero-order valence-corrected chi connectivity index (χ0v) is 14.6. The second kappa shape index (κ2) is 9.07. The minimum Gasteiger partial charge on any atom is -0.493 e. The fourth-order valence-corrected chi connectivity index (χ4v) is 2.47. The molecule has 0 saturated carbocycles. The van der Waals surface area contributed by atoms with Crippen LogP contribution in [-0.4, -0.2) is 45.6 Å². The number of anilines is 1. The molecule has 26 heavy (non-hydrogen) atoms. The Bertz CT molecular complexity index is 714. The molecule has 1 aliphatic rings. The maximum Gasteiger partial charge on any atom is 0.319 e. The lowest BCUT2D eigenvalue weighted by Crippen LogP contribution is -2.41. The minimum atomic E-state index is -0.294. The van der Waals surface area contributed by atoms with Crippen LogP contribution in [0.4, 0.5) is 10.5 Å². The SMILES string of the molecule is COc1ccccc1Oc1ccc(NC(=O)NC[C@@H]2COCCO2)cc1. The van der Waals surface area contributed by atoms with Crippen molar-refractivity contribution in [3.8, 4) is 17.2 Å². The van der Waals surface area contributed by atoms with Crippen LogP contribution in [0.15, 0.2) is 48.5 Å².